The maximum atomic E-state index is 12.8. The molecule has 0 radical (unpaired) electrons. The molecule has 1 spiro atoms. The molecule has 1 amide bonds. The summed E-state index contributed by atoms with van der Waals surface area (Å²) in [7, 11) is -3.11. The van der Waals surface area contributed by atoms with E-state index >= 15 is 0 Å². The van der Waals surface area contributed by atoms with Crippen molar-refractivity contribution in [3.8, 4) is 0 Å². The Morgan fingerprint density at radius 1 is 1.30 bits per heavy atom. The van der Waals surface area contributed by atoms with E-state index in [1.807, 2.05) is 18.2 Å². The highest BCUT2D eigenvalue weighted by atomic mass is 32.2. The third-order valence-corrected chi connectivity index (χ3v) is 6.15. The fraction of sp³-hybridized carbons (Fsp3) is 0.588. The van der Waals surface area contributed by atoms with Gasteiger partial charge in [0.05, 0.1) is 11.8 Å². The monoisotopic (exact) mass is 336 g/mol. The van der Waals surface area contributed by atoms with Crippen LogP contribution in [0.15, 0.2) is 24.3 Å². The standard InChI is InChI=1S/C17H24N2O3S/c1-23(21,22)11-8-14(18)16(20)19-12-17(9-4-5-10-17)13-6-2-3-7-15(13)19/h2-3,6-7,14H,4-5,8-12,18H2,1H3. The molecule has 1 unspecified atom stereocenters. The van der Waals surface area contributed by atoms with Crippen molar-refractivity contribution in [3.63, 3.8) is 0 Å². The minimum atomic E-state index is -3.11. The number of hydrogen-bond donors (Lipinski definition) is 1. The van der Waals surface area contributed by atoms with Gasteiger partial charge in [-0.25, -0.2) is 8.42 Å². The van der Waals surface area contributed by atoms with Gasteiger partial charge in [-0.2, -0.15) is 0 Å². The largest absolute Gasteiger partial charge is 0.320 e. The predicted octanol–water partition coefficient (Wildman–Crippen LogP) is 1.61. The molecular formula is C17H24N2O3S. The van der Waals surface area contributed by atoms with Crippen molar-refractivity contribution in [1.29, 1.82) is 0 Å². The van der Waals surface area contributed by atoms with E-state index in [-0.39, 0.29) is 23.5 Å². The number of carbonyl (C=O) groups excluding carboxylic acids is 1. The van der Waals surface area contributed by atoms with E-state index in [2.05, 4.69) is 6.07 Å². The summed E-state index contributed by atoms with van der Waals surface area (Å²) >= 11 is 0. The van der Waals surface area contributed by atoms with Crippen LogP contribution in [-0.2, 0) is 20.0 Å². The molecule has 0 saturated heterocycles. The number of sulfone groups is 1. The van der Waals surface area contributed by atoms with Crippen molar-refractivity contribution in [1.82, 2.24) is 0 Å². The molecule has 1 atom stereocenters. The number of carbonyl (C=O) groups is 1. The van der Waals surface area contributed by atoms with Crippen LogP contribution < -0.4 is 10.6 Å². The SMILES string of the molecule is CS(=O)(=O)CCC(N)C(=O)N1CC2(CCCC2)c2ccccc21. The van der Waals surface area contributed by atoms with Gasteiger partial charge in [0.1, 0.15) is 9.84 Å². The highest BCUT2D eigenvalue weighted by Crippen LogP contribution is 2.50. The summed E-state index contributed by atoms with van der Waals surface area (Å²) in [6.45, 7) is 0.678. The molecule has 1 aromatic rings. The Kier molecular flexibility index (Phi) is 4.23. The van der Waals surface area contributed by atoms with Crippen LogP contribution in [-0.4, -0.2) is 38.9 Å². The quantitative estimate of drug-likeness (QED) is 0.906. The van der Waals surface area contributed by atoms with E-state index in [1.165, 1.54) is 24.7 Å². The molecule has 1 aliphatic heterocycles. The third kappa shape index (κ3) is 3.15. The first-order valence-corrected chi connectivity index (χ1v) is 10.2. The van der Waals surface area contributed by atoms with E-state index in [1.54, 1.807) is 4.90 Å². The zero-order chi connectivity index (χ0) is 16.7. The summed E-state index contributed by atoms with van der Waals surface area (Å²) in [5, 5.41) is 0. The van der Waals surface area contributed by atoms with Crippen LogP contribution in [0.2, 0.25) is 0 Å². The number of benzene rings is 1. The van der Waals surface area contributed by atoms with Gasteiger partial charge in [0.25, 0.3) is 0 Å². The number of anilines is 1. The average molecular weight is 336 g/mol. The predicted molar refractivity (Wildman–Crippen MR) is 91.2 cm³/mol. The molecule has 1 aliphatic carbocycles. The van der Waals surface area contributed by atoms with Gasteiger partial charge in [-0.1, -0.05) is 31.0 Å². The van der Waals surface area contributed by atoms with Gasteiger partial charge in [-0.15, -0.1) is 0 Å². The van der Waals surface area contributed by atoms with Crippen LogP contribution in [0.1, 0.15) is 37.7 Å². The number of nitrogens with two attached hydrogens (primary N) is 1. The van der Waals surface area contributed by atoms with Crippen LogP contribution in [0.25, 0.3) is 0 Å². The Balaban J connectivity index is 1.82. The number of rotatable bonds is 4. The molecule has 2 aliphatic rings. The van der Waals surface area contributed by atoms with E-state index < -0.39 is 15.9 Å². The lowest BCUT2D eigenvalue weighted by atomic mass is 9.81. The Bertz CT molecular complexity index is 708. The van der Waals surface area contributed by atoms with Gasteiger partial charge >= 0.3 is 0 Å². The van der Waals surface area contributed by atoms with E-state index in [9.17, 15) is 13.2 Å². The number of amides is 1. The lowest BCUT2D eigenvalue weighted by Gasteiger charge is -2.26. The van der Waals surface area contributed by atoms with Gasteiger partial charge in [0.2, 0.25) is 5.91 Å². The maximum absolute atomic E-state index is 12.8. The van der Waals surface area contributed by atoms with Gasteiger partial charge in [-0.05, 0) is 30.9 Å². The Morgan fingerprint density at radius 2 is 1.96 bits per heavy atom. The first kappa shape index (κ1) is 16.5. The normalized spacial score (nSPS) is 20.7. The number of para-hydroxylation sites is 1. The van der Waals surface area contributed by atoms with Crippen LogP contribution in [0.4, 0.5) is 5.69 Å². The molecular weight excluding hydrogens is 312 g/mol. The molecule has 1 saturated carbocycles. The minimum absolute atomic E-state index is 0.0550. The zero-order valence-corrected chi connectivity index (χ0v) is 14.3. The van der Waals surface area contributed by atoms with Crippen LogP contribution in [0, 0.1) is 0 Å². The summed E-state index contributed by atoms with van der Waals surface area (Å²) in [5.74, 6) is -0.217. The Hall–Kier alpha value is -1.40. The van der Waals surface area contributed by atoms with Crippen molar-refractivity contribution in [2.75, 3.05) is 23.5 Å². The maximum Gasteiger partial charge on any atom is 0.243 e. The Morgan fingerprint density at radius 3 is 2.61 bits per heavy atom. The van der Waals surface area contributed by atoms with Gasteiger partial charge in [-0.3, -0.25) is 4.79 Å². The average Bonchev–Trinajstić information content (AvgIpc) is 3.10. The molecule has 1 aromatic carbocycles. The second-order valence-corrected chi connectivity index (χ2v) is 9.21. The third-order valence-electron chi connectivity index (χ3n) is 5.17. The van der Waals surface area contributed by atoms with E-state index in [4.69, 9.17) is 5.73 Å². The van der Waals surface area contributed by atoms with Crippen molar-refractivity contribution in [2.24, 2.45) is 5.73 Å². The number of hydrogen-bond acceptors (Lipinski definition) is 4. The molecule has 126 valence electrons. The molecule has 1 fully saturated rings. The van der Waals surface area contributed by atoms with Crippen molar-refractivity contribution in [2.45, 2.75) is 43.6 Å². The van der Waals surface area contributed by atoms with Crippen LogP contribution in [0.3, 0.4) is 0 Å². The van der Waals surface area contributed by atoms with Gasteiger partial charge in [0, 0.05) is 23.9 Å². The van der Waals surface area contributed by atoms with Crippen LogP contribution >= 0.6 is 0 Å². The molecule has 6 heteroatoms. The lowest BCUT2D eigenvalue weighted by molar-refractivity contribution is -0.119. The lowest BCUT2D eigenvalue weighted by Crippen LogP contribution is -2.46. The fourth-order valence-corrected chi connectivity index (χ4v) is 4.65. The molecule has 3 rings (SSSR count). The van der Waals surface area contributed by atoms with E-state index in [0.717, 1.165) is 18.5 Å². The van der Waals surface area contributed by atoms with Gasteiger partial charge < -0.3 is 10.6 Å². The minimum Gasteiger partial charge on any atom is -0.320 e. The molecule has 0 bridgehead atoms. The van der Waals surface area contributed by atoms with Crippen molar-refractivity contribution in [3.05, 3.63) is 29.8 Å². The smallest absolute Gasteiger partial charge is 0.243 e. The summed E-state index contributed by atoms with van der Waals surface area (Å²) in [4.78, 5) is 14.6. The zero-order valence-electron chi connectivity index (χ0n) is 13.5. The fourth-order valence-electron chi connectivity index (χ4n) is 3.97. The summed E-state index contributed by atoms with van der Waals surface area (Å²) in [6.07, 6.45) is 5.93. The second kappa shape index (κ2) is 5.91. The van der Waals surface area contributed by atoms with E-state index in [0.29, 0.717) is 6.54 Å². The first-order chi connectivity index (χ1) is 10.8. The van der Waals surface area contributed by atoms with Crippen molar-refractivity contribution < 1.29 is 13.2 Å². The first-order valence-electron chi connectivity index (χ1n) is 8.17. The molecule has 23 heavy (non-hydrogen) atoms. The summed E-state index contributed by atoms with van der Waals surface area (Å²) in [6, 6.07) is 7.29. The molecule has 5 nitrogen and oxygen atoms in total. The molecule has 0 aromatic heterocycles. The van der Waals surface area contributed by atoms with Gasteiger partial charge in [0.15, 0.2) is 0 Å². The summed E-state index contributed by atoms with van der Waals surface area (Å²) in [5.41, 5.74) is 8.27. The van der Waals surface area contributed by atoms with Crippen LogP contribution in [0.5, 0.6) is 0 Å². The second-order valence-electron chi connectivity index (χ2n) is 6.95. The Labute approximate surface area is 137 Å². The molecule has 2 N–H and O–H groups in total. The highest BCUT2D eigenvalue weighted by Gasteiger charge is 2.46. The van der Waals surface area contributed by atoms with Crippen molar-refractivity contribution >= 4 is 21.4 Å². The number of fused-ring (bicyclic) bond motifs is 2. The summed E-state index contributed by atoms with van der Waals surface area (Å²) < 4.78 is 22.6. The molecule has 1 heterocycles. The topological polar surface area (TPSA) is 80.5 Å². The highest BCUT2D eigenvalue weighted by molar-refractivity contribution is 7.90. The number of nitrogens with zero attached hydrogens (tertiary/aromatic N) is 1.